The van der Waals surface area contributed by atoms with Crippen molar-refractivity contribution in [2.24, 2.45) is 0 Å². The van der Waals surface area contributed by atoms with Crippen molar-refractivity contribution in [3.05, 3.63) is 102 Å². The van der Waals surface area contributed by atoms with Crippen molar-refractivity contribution in [1.29, 1.82) is 0 Å². The van der Waals surface area contributed by atoms with E-state index < -0.39 is 10.0 Å². The highest BCUT2D eigenvalue weighted by Gasteiger charge is 2.16. The summed E-state index contributed by atoms with van der Waals surface area (Å²) in [5.41, 5.74) is 3.79. The van der Waals surface area contributed by atoms with Crippen molar-refractivity contribution in [3.8, 4) is 5.82 Å². The zero-order valence-corrected chi connectivity index (χ0v) is 19.0. The Kier molecular flexibility index (Phi) is 6.23. The minimum atomic E-state index is -3.76. The fraction of sp³-hybridized carbons (Fsp3) is 0.125. The number of sulfonamides is 1. The standard InChI is InChI=1S/C24H23N5O3S/c1-17-4-7-21(14-18(17)2)28-33(31,32)22-8-5-20(6-9-22)24(30)26-16-19-10-12-25-23(15-19)29-13-3-11-27-29/h3-15,28H,16H2,1-2H3,(H,26,30). The molecule has 0 radical (unpaired) electrons. The Morgan fingerprint density at radius 1 is 0.970 bits per heavy atom. The number of anilines is 1. The van der Waals surface area contributed by atoms with Crippen LogP contribution in [-0.2, 0) is 16.6 Å². The molecule has 0 saturated carbocycles. The van der Waals surface area contributed by atoms with Gasteiger partial charge in [-0.25, -0.2) is 18.1 Å². The van der Waals surface area contributed by atoms with Gasteiger partial charge in [0.25, 0.3) is 15.9 Å². The summed E-state index contributed by atoms with van der Waals surface area (Å²) in [5, 5.41) is 6.98. The van der Waals surface area contributed by atoms with E-state index in [0.29, 0.717) is 23.6 Å². The van der Waals surface area contributed by atoms with Gasteiger partial charge in [-0.1, -0.05) is 6.07 Å². The van der Waals surface area contributed by atoms with Crippen molar-refractivity contribution in [2.45, 2.75) is 25.3 Å². The van der Waals surface area contributed by atoms with E-state index in [1.54, 1.807) is 47.5 Å². The normalized spacial score (nSPS) is 11.2. The molecule has 2 heterocycles. The Morgan fingerprint density at radius 2 is 1.76 bits per heavy atom. The van der Waals surface area contributed by atoms with Crippen LogP contribution in [-0.4, -0.2) is 29.1 Å². The summed E-state index contributed by atoms with van der Waals surface area (Å²) >= 11 is 0. The largest absolute Gasteiger partial charge is 0.348 e. The lowest BCUT2D eigenvalue weighted by atomic mass is 10.1. The molecule has 0 saturated heterocycles. The molecule has 9 heteroatoms. The Hall–Kier alpha value is -3.98. The van der Waals surface area contributed by atoms with E-state index in [2.05, 4.69) is 20.1 Å². The van der Waals surface area contributed by atoms with Crippen molar-refractivity contribution >= 4 is 21.6 Å². The number of amides is 1. The average Bonchev–Trinajstić information content (AvgIpc) is 3.35. The van der Waals surface area contributed by atoms with Gasteiger partial charge in [0.2, 0.25) is 0 Å². The first-order valence-electron chi connectivity index (χ1n) is 10.3. The van der Waals surface area contributed by atoms with Crippen LogP contribution in [0.2, 0.25) is 0 Å². The molecule has 0 bridgehead atoms. The third-order valence-corrected chi connectivity index (χ3v) is 6.59. The molecule has 0 aliphatic rings. The Balaban J connectivity index is 1.41. The summed E-state index contributed by atoms with van der Waals surface area (Å²) in [4.78, 5) is 16.9. The van der Waals surface area contributed by atoms with Crippen LogP contribution in [0.5, 0.6) is 0 Å². The zero-order valence-electron chi connectivity index (χ0n) is 18.2. The van der Waals surface area contributed by atoms with E-state index in [1.165, 1.54) is 24.3 Å². The first-order chi connectivity index (χ1) is 15.8. The van der Waals surface area contributed by atoms with E-state index in [4.69, 9.17) is 0 Å². The Bertz CT molecular complexity index is 1380. The van der Waals surface area contributed by atoms with Crippen LogP contribution >= 0.6 is 0 Å². The lowest BCUT2D eigenvalue weighted by Crippen LogP contribution is -2.23. The van der Waals surface area contributed by atoms with Crippen molar-refractivity contribution in [1.82, 2.24) is 20.1 Å². The highest BCUT2D eigenvalue weighted by molar-refractivity contribution is 7.92. The first-order valence-corrected chi connectivity index (χ1v) is 11.7. The maximum Gasteiger partial charge on any atom is 0.261 e. The van der Waals surface area contributed by atoms with Crippen LogP contribution < -0.4 is 10.0 Å². The summed E-state index contributed by atoms with van der Waals surface area (Å²) < 4.78 is 29.6. The zero-order chi connectivity index (χ0) is 23.4. The molecule has 4 aromatic rings. The predicted octanol–water partition coefficient (Wildman–Crippen LogP) is 3.61. The van der Waals surface area contributed by atoms with E-state index in [9.17, 15) is 13.2 Å². The van der Waals surface area contributed by atoms with Gasteiger partial charge >= 0.3 is 0 Å². The molecule has 4 rings (SSSR count). The molecule has 2 aromatic heterocycles. The highest BCUT2D eigenvalue weighted by atomic mass is 32.2. The van der Waals surface area contributed by atoms with Gasteiger partial charge < -0.3 is 5.32 Å². The van der Waals surface area contributed by atoms with Gasteiger partial charge in [-0.15, -0.1) is 0 Å². The summed E-state index contributed by atoms with van der Waals surface area (Å²) in [6.45, 7) is 4.18. The third kappa shape index (κ3) is 5.27. The second-order valence-corrected chi connectivity index (χ2v) is 9.27. The van der Waals surface area contributed by atoms with Gasteiger partial charge in [0, 0.05) is 36.4 Å². The number of aromatic nitrogens is 3. The number of nitrogens with one attached hydrogen (secondary N) is 2. The van der Waals surface area contributed by atoms with Gasteiger partial charge in [-0.2, -0.15) is 5.10 Å². The SMILES string of the molecule is Cc1ccc(NS(=O)(=O)c2ccc(C(=O)NCc3ccnc(-n4cccn4)c3)cc2)cc1C. The smallest absolute Gasteiger partial charge is 0.261 e. The van der Waals surface area contributed by atoms with Gasteiger partial charge in [0.1, 0.15) is 0 Å². The summed E-state index contributed by atoms with van der Waals surface area (Å²) in [7, 11) is -3.76. The fourth-order valence-corrected chi connectivity index (χ4v) is 4.24. The maximum atomic E-state index is 12.7. The second kappa shape index (κ2) is 9.25. The lowest BCUT2D eigenvalue weighted by molar-refractivity contribution is 0.0951. The summed E-state index contributed by atoms with van der Waals surface area (Å²) in [5.74, 6) is 0.344. The molecule has 0 spiro atoms. The van der Waals surface area contributed by atoms with Crippen molar-refractivity contribution < 1.29 is 13.2 Å². The molecular formula is C24H23N5O3S. The minimum absolute atomic E-state index is 0.0790. The Morgan fingerprint density at radius 3 is 2.45 bits per heavy atom. The van der Waals surface area contributed by atoms with Crippen LogP contribution in [0.3, 0.4) is 0 Å². The summed E-state index contributed by atoms with van der Waals surface area (Å²) in [6.07, 6.45) is 5.10. The number of pyridine rings is 1. The van der Waals surface area contributed by atoms with E-state index in [1.807, 2.05) is 26.0 Å². The number of nitrogens with zero attached hydrogens (tertiary/aromatic N) is 3. The monoisotopic (exact) mass is 461 g/mol. The first kappa shape index (κ1) is 22.2. The highest BCUT2D eigenvalue weighted by Crippen LogP contribution is 2.19. The van der Waals surface area contributed by atoms with Gasteiger partial charge in [-0.3, -0.25) is 9.52 Å². The third-order valence-electron chi connectivity index (χ3n) is 5.19. The van der Waals surface area contributed by atoms with Gasteiger partial charge in [-0.05, 0) is 85.1 Å². The van der Waals surface area contributed by atoms with E-state index >= 15 is 0 Å². The number of benzene rings is 2. The number of rotatable bonds is 7. The Labute approximate surface area is 192 Å². The molecule has 168 valence electrons. The predicted molar refractivity (Wildman–Crippen MR) is 126 cm³/mol. The fourth-order valence-electron chi connectivity index (χ4n) is 3.19. The lowest BCUT2D eigenvalue weighted by Gasteiger charge is -2.11. The minimum Gasteiger partial charge on any atom is -0.348 e. The summed E-state index contributed by atoms with van der Waals surface area (Å²) in [6, 6.07) is 16.6. The molecule has 0 aliphatic carbocycles. The molecule has 2 N–H and O–H groups in total. The molecule has 1 amide bonds. The van der Waals surface area contributed by atoms with E-state index in [-0.39, 0.29) is 10.8 Å². The van der Waals surface area contributed by atoms with Crippen LogP contribution in [0.25, 0.3) is 5.82 Å². The molecule has 0 unspecified atom stereocenters. The molecule has 33 heavy (non-hydrogen) atoms. The second-order valence-electron chi connectivity index (χ2n) is 7.58. The average molecular weight is 462 g/mol. The molecule has 0 aliphatic heterocycles. The number of carbonyl (C=O) groups excluding carboxylic acids is 1. The van der Waals surface area contributed by atoms with Gasteiger partial charge in [0.05, 0.1) is 4.90 Å². The molecular weight excluding hydrogens is 438 g/mol. The van der Waals surface area contributed by atoms with Crippen LogP contribution in [0.4, 0.5) is 5.69 Å². The van der Waals surface area contributed by atoms with Gasteiger partial charge in [0.15, 0.2) is 5.82 Å². The van der Waals surface area contributed by atoms with Crippen LogP contribution in [0.1, 0.15) is 27.0 Å². The molecule has 0 atom stereocenters. The molecule has 2 aromatic carbocycles. The number of carbonyl (C=O) groups is 1. The van der Waals surface area contributed by atoms with Crippen molar-refractivity contribution in [3.63, 3.8) is 0 Å². The number of hydrogen-bond acceptors (Lipinski definition) is 5. The number of hydrogen-bond donors (Lipinski definition) is 2. The molecule has 8 nitrogen and oxygen atoms in total. The molecule has 0 fully saturated rings. The van der Waals surface area contributed by atoms with Crippen molar-refractivity contribution in [2.75, 3.05) is 4.72 Å². The maximum absolute atomic E-state index is 12.7. The van der Waals surface area contributed by atoms with E-state index in [0.717, 1.165) is 16.7 Å². The number of aryl methyl sites for hydroxylation is 2. The van der Waals surface area contributed by atoms with Crippen LogP contribution in [0.15, 0.2) is 84.1 Å². The topological polar surface area (TPSA) is 106 Å². The quantitative estimate of drug-likeness (QED) is 0.437. The van der Waals surface area contributed by atoms with Crippen LogP contribution in [0, 0.1) is 13.8 Å².